The van der Waals surface area contributed by atoms with Gasteiger partial charge in [-0.1, -0.05) is 12.1 Å². The average Bonchev–Trinajstić information content (AvgIpc) is 2.57. The van der Waals surface area contributed by atoms with Crippen LogP contribution in [-0.2, 0) is 4.74 Å². The van der Waals surface area contributed by atoms with E-state index in [4.69, 9.17) is 21.6 Å². The molecule has 22 heavy (non-hydrogen) atoms. The topological polar surface area (TPSA) is 88.4 Å². The number of hydrogen-bond donors (Lipinski definition) is 3. The highest BCUT2D eigenvalue weighted by molar-refractivity contribution is 6.14. The van der Waals surface area contributed by atoms with Crippen molar-refractivity contribution in [2.24, 2.45) is 0 Å². The van der Waals surface area contributed by atoms with Gasteiger partial charge in [0.1, 0.15) is 0 Å². The quantitative estimate of drug-likeness (QED) is 0.598. The molecule has 5 nitrogen and oxygen atoms in total. The van der Waals surface area contributed by atoms with E-state index in [1.807, 2.05) is 18.2 Å². The zero-order chi connectivity index (χ0) is 15.5. The highest BCUT2D eigenvalue weighted by Gasteiger charge is 2.14. The number of morpholine rings is 1. The summed E-state index contributed by atoms with van der Waals surface area (Å²) in [5, 5.41) is 8.44. The van der Waals surface area contributed by atoms with Gasteiger partial charge in [0.05, 0.1) is 18.9 Å². The molecule has 0 aliphatic carbocycles. The standard InChI is InChI=1S/C17H20N4O/c18-13-4-5-16(19)15(11-13)17(20)12-2-1-3-14(10-12)21-6-8-22-9-7-21/h1-5,10-11,20H,6-9,18-19H2. The van der Waals surface area contributed by atoms with E-state index in [0.29, 0.717) is 22.6 Å². The normalized spacial score (nSPS) is 14.8. The van der Waals surface area contributed by atoms with Crippen LogP contribution < -0.4 is 16.4 Å². The molecule has 1 heterocycles. The Kier molecular flexibility index (Phi) is 3.98. The molecular weight excluding hydrogens is 276 g/mol. The molecule has 1 fully saturated rings. The number of anilines is 3. The van der Waals surface area contributed by atoms with Gasteiger partial charge in [0.25, 0.3) is 0 Å². The van der Waals surface area contributed by atoms with E-state index < -0.39 is 0 Å². The Hall–Kier alpha value is -2.53. The lowest BCUT2D eigenvalue weighted by molar-refractivity contribution is 0.122. The lowest BCUT2D eigenvalue weighted by Gasteiger charge is -2.29. The zero-order valence-corrected chi connectivity index (χ0v) is 12.4. The number of nitrogens with zero attached hydrogens (tertiary/aromatic N) is 1. The fourth-order valence-electron chi connectivity index (χ4n) is 2.63. The first-order chi connectivity index (χ1) is 10.6. The van der Waals surface area contributed by atoms with Gasteiger partial charge in [-0.25, -0.2) is 0 Å². The van der Waals surface area contributed by atoms with E-state index >= 15 is 0 Å². The third-order valence-corrected chi connectivity index (χ3v) is 3.86. The van der Waals surface area contributed by atoms with Crippen molar-refractivity contribution in [2.75, 3.05) is 42.7 Å². The van der Waals surface area contributed by atoms with Crippen molar-refractivity contribution in [1.82, 2.24) is 0 Å². The van der Waals surface area contributed by atoms with Gasteiger partial charge in [0.15, 0.2) is 0 Å². The van der Waals surface area contributed by atoms with Crippen molar-refractivity contribution in [3.05, 3.63) is 53.6 Å². The van der Waals surface area contributed by atoms with Gasteiger partial charge in [-0.2, -0.15) is 0 Å². The molecule has 3 rings (SSSR count). The minimum atomic E-state index is 0.389. The minimum absolute atomic E-state index is 0.389. The highest BCUT2D eigenvalue weighted by Crippen LogP contribution is 2.23. The van der Waals surface area contributed by atoms with Gasteiger partial charge in [-0.05, 0) is 30.3 Å². The van der Waals surface area contributed by atoms with Gasteiger partial charge >= 0.3 is 0 Å². The maximum atomic E-state index is 8.44. The summed E-state index contributed by atoms with van der Waals surface area (Å²) in [6.07, 6.45) is 0. The fraction of sp³-hybridized carbons (Fsp3) is 0.235. The molecule has 1 aliphatic heterocycles. The Morgan fingerprint density at radius 3 is 2.59 bits per heavy atom. The summed E-state index contributed by atoms with van der Waals surface area (Å²) < 4.78 is 5.38. The number of hydrogen-bond acceptors (Lipinski definition) is 5. The van der Waals surface area contributed by atoms with E-state index in [-0.39, 0.29) is 0 Å². The number of ether oxygens (including phenoxy) is 1. The molecule has 5 heteroatoms. The summed E-state index contributed by atoms with van der Waals surface area (Å²) in [6.45, 7) is 3.22. The third kappa shape index (κ3) is 2.89. The van der Waals surface area contributed by atoms with E-state index in [0.717, 1.165) is 37.6 Å². The van der Waals surface area contributed by atoms with E-state index in [2.05, 4.69) is 11.0 Å². The van der Waals surface area contributed by atoms with Crippen LogP contribution in [0.4, 0.5) is 17.1 Å². The number of nitrogens with one attached hydrogen (secondary N) is 1. The van der Waals surface area contributed by atoms with Crippen molar-refractivity contribution in [3.63, 3.8) is 0 Å². The van der Waals surface area contributed by atoms with Crippen molar-refractivity contribution < 1.29 is 4.74 Å². The van der Waals surface area contributed by atoms with Crippen LogP contribution in [0.2, 0.25) is 0 Å². The van der Waals surface area contributed by atoms with E-state index in [1.165, 1.54) is 0 Å². The lowest BCUT2D eigenvalue weighted by atomic mass is 9.99. The van der Waals surface area contributed by atoms with Crippen molar-refractivity contribution in [3.8, 4) is 0 Å². The summed E-state index contributed by atoms with van der Waals surface area (Å²) in [5.41, 5.74) is 16.0. The summed E-state index contributed by atoms with van der Waals surface area (Å²) >= 11 is 0. The molecule has 1 saturated heterocycles. The summed E-state index contributed by atoms with van der Waals surface area (Å²) in [6, 6.07) is 13.2. The molecule has 2 aromatic carbocycles. The second kappa shape index (κ2) is 6.07. The molecule has 0 atom stereocenters. The molecule has 2 aromatic rings. The number of nitrogens with two attached hydrogens (primary N) is 2. The van der Waals surface area contributed by atoms with Gasteiger partial charge < -0.3 is 21.1 Å². The molecule has 1 aliphatic rings. The van der Waals surface area contributed by atoms with Crippen molar-refractivity contribution >= 4 is 22.8 Å². The van der Waals surface area contributed by atoms with Gasteiger partial charge in [0.2, 0.25) is 0 Å². The Labute approximate surface area is 130 Å². The molecule has 0 aromatic heterocycles. The fourth-order valence-corrected chi connectivity index (χ4v) is 2.63. The van der Waals surface area contributed by atoms with Crippen LogP contribution >= 0.6 is 0 Å². The predicted octanol–water partition coefficient (Wildman–Crippen LogP) is 2.10. The van der Waals surface area contributed by atoms with Crippen LogP contribution in [0.25, 0.3) is 0 Å². The van der Waals surface area contributed by atoms with Crippen LogP contribution in [-0.4, -0.2) is 32.0 Å². The summed E-state index contributed by atoms with van der Waals surface area (Å²) in [5.74, 6) is 0. The Bertz CT molecular complexity index is 693. The average molecular weight is 296 g/mol. The van der Waals surface area contributed by atoms with Crippen LogP contribution in [0, 0.1) is 5.41 Å². The van der Waals surface area contributed by atoms with Crippen molar-refractivity contribution in [2.45, 2.75) is 0 Å². The van der Waals surface area contributed by atoms with Crippen LogP contribution in [0.1, 0.15) is 11.1 Å². The third-order valence-electron chi connectivity index (χ3n) is 3.86. The van der Waals surface area contributed by atoms with Crippen LogP contribution in [0.15, 0.2) is 42.5 Å². The van der Waals surface area contributed by atoms with E-state index in [1.54, 1.807) is 18.2 Å². The molecule has 0 radical (unpaired) electrons. The maximum absolute atomic E-state index is 8.44. The molecule has 114 valence electrons. The smallest absolute Gasteiger partial charge is 0.0706 e. The molecular formula is C17H20N4O. The number of nitrogen functional groups attached to an aromatic ring is 2. The molecule has 0 amide bonds. The molecule has 5 N–H and O–H groups in total. The highest BCUT2D eigenvalue weighted by atomic mass is 16.5. The Morgan fingerprint density at radius 2 is 1.82 bits per heavy atom. The molecule has 0 unspecified atom stereocenters. The largest absolute Gasteiger partial charge is 0.399 e. The summed E-state index contributed by atoms with van der Waals surface area (Å²) in [4.78, 5) is 2.27. The molecule has 0 bridgehead atoms. The second-order valence-corrected chi connectivity index (χ2v) is 5.37. The number of rotatable bonds is 3. The van der Waals surface area contributed by atoms with E-state index in [9.17, 15) is 0 Å². The molecule has 0 saturated carbocycles. The summed E-state index contributed by atoms with van der Waals surface area (Å²) in [7, 11) is 0. The first-order valence-corrected chi connectivity index (χ1v) is 7.32. The Balaban J connectivity index is 1.91. The molecule has 0 spiro atoms. The van der Waals surface area contributed by atoms with Gasteiger partial charge in [-0.3, -0.25) is 5.41 Å². The second-order valence-electron chi connectivity index (χ2n) is 5.37. The number of benzene rings is 2. The first kappa shape index (κ1) is 14.4. The van der Waals surface area contributed by atoms with Crippen LogP contribution in [0.5, 0.6) is 0 Å². The first-order valence-electron chi connectivity index (χ1n) is 7.32. The van der Waals surface area contributed by atoms with Crippen molar-refractivity contribution in [1.29, 1.82) is 5.41 Å². The Morgan fingerprint density at radius 1 is 1.05 bits per heavy atom. The van der Waals surface area contributed by atoms with Crippen LogP contribution in [0.3, 0.4) is 0 Å². The predicted molar refractivity (Wildman–Crippen MR) is 90.7 cm³/mol. The zero-order valence-electron chi connectivity index (χ0n) is 12.4. The van der Waals surface area contributed by atoms with Gasteiger partial charge in [0, 0.05) is 41.3 Å². The van der Waals surface area contributed by atoms with Gasteiger partial charge in [-0.15, -0.1) is 0 Å². The minimum Gasteiger partial charge on any atom is -0.399 e. The monoisotopic (exact) mass is 296 g/mol. The lowest BCUT2D eigenvalue weighted by Crippen LogP contribution is -2.36. The maximum Gasteiger partial charge on any atom is 0.0706 e. The SMILES string of the molecule is N=C(c1cccc(N2CCOCC2)c1)c1cc(N)ccc1N.